The maximum absolute atomic E-state index is 13.2. The minimum absolute atomic E-state index is 0.244. The average Bonchev–Trinajstić information content (AvgIpc) is 3.03. The van der Waals surface area contributed by atoms with Crippen molar-refractivity contribution in [2.45, 2.75) is 25.8 Å². The third kappa shape index (κ3) is 1.92. The Morgan fingerprint density at radius 2 is 1.88 bits per heavy atom. The van der Waals surface area contributed by atoms with E-state index in [2.05, 4.69) is 0 Å². The Kier molecular flexibility index (Phi) is 2.66. The monoisotopic (exact) mass is 225 g/mol. The van der Waals surface area contributed by atoms with Crippen LogP contribution in [0.4, 0.5) is 14.5 Å². The minimum atomic E-state index is -0.974. The fourth-order valence-corrected chi connectivity index (χ4v) is 1.77. The zero-order chi connectivity index (χ0) is 11.9. The number of carbonyl (C=O) groups excluding carboxylic acids is 1. The summed E-state index contributed by atoms with van der Waals surface area (Å²) in [6.45, 7) is 1.36. The summed E-state index contributed by atoms with van der Waals surface area (Å²) in [6.07, 6.45) is 2.07. The fraction of sp³-hybridized carbons (Fsp3) is 0.417. The van der Waals surface area contributed by atoms with Gasteiger partial charge in [-0.05, 0) is 25.8 Å². The molecule has 0 aromatic heterocycles. The number of halogens is 2. The van der Waals surface area contributed by atoms with Gasteiger partial charge >= 0.3 is 0 Å². The molecule has 2 rings (SSSR count). The first-order valence-electron chi connectivity index (χ1n) is 5.23. The molecule has 0 N–H and O–H groups in total. The van der Waals surface area contributed by atoms with Gasteiger partial charge in [-0.1, -0.05) is 0 Å². The summed E-state index contributed by atoms with van der Waals surface area (Å²) in [5.41, 5.74) is 0.724. The van der Waals surface area contributed by atoms with Crippen LogP contribution in [0.15, 0.2) is 12.1 Å². The number of carbonyl (C=O) groups is 1. The highest BCUT2D eigenvalue weighted by atomic mass is 19.2. The summed E-state index contributed by atoms with van der Waals surface area (Å²) in [6, 6.07) is 2.43. The summed E-state index contributed by atoms with van der Waals surface area (Å²) in [5.74, 6) is -2.13. The second-order valence-electron chi connectivity index (χ2n) is 4.18. The molecule has 2 nitrogen and oxygen atoms in total. The van der Waals surface area contributed by atoms with Crippen molar-refractivity contribution in [1.29, 1.82) is 0 Å². The molecule has 0 saturated heterocycles. The van der Waals surface area contributed by atoms with Gasteiger partial charge < -0.3 is 4.90 Å². The van der Waals surface area contributed by atoms with Gasteiger partial charge in [-0.25, -0.2) is 8.78 Å². The zero-order valence-corrected chi connectivity index (χ0v) is 9.26. The van der Waals surface area contributed by atoms with E-state index in [1.807, 2.05) is 4.90 Å². The normalized spacial score (nSPS) is 15.0. The third-order valence-electron chi connectivity index (χ3n) is 2.89. The lowest BCUT2D eigenvalue weighted by Gasteiger charge is -2.21. The number of anilines is 1. The fourth-order valence-electron chi connectivity index (χ4n) is 1.77. The van der Waals surface area contributed by atoms with Crippen LogP contribution in [-0.2, 0) is 0 Å². The van der Waals surface area contributed by atoms with Crippen molar-refractivity contribution < 1.29 is 13.6 Å². The summed E-state index contributed by atoms with van der Waals surface area (Å²) in [5, 5.41) is 0. The zero-order valence-electron chi connectivity index (χ0n) is 9.26. The SMILES string of the molecule is CC(=O)c1cc(F)c(F)cc1N(C)C1CC1. The molecule has 0 atom stereocenters. The van der Waals surface area contributed by atoms with E-state index in [-0.39, 0.29) is 11.3 Å². The Morgan fingerprint density at radius 3 is 2.38 bits per heavy atom. The van der Waals surface area contributed by atoms with Gasteiger partial charge in [-0.3, -0.25) is 4.79 Å². The Hall–Kier alpha value is -1.45. The molecular formula is C12H13F2NO. The predicted octanol–water partition coefficient (Wildman–Crippen LogP) is 2.77. The van der Waals surface area contributed by atoms with Gasteiger partial charge in [-0.2, -0.15) is 0 Å². The first-order chi connectivity index (χ1) is 7.50. The van der Waals surface area contributed by atoms with E-state index in [1.165, 1.54) is 6.92 Å². The Morgan fingerprint density at radius 1 is 1.31 bits per heavy atom. The highest BCUT2D eigenvalue weighted by molar-refractivity contribution is 5.99. The van der Waals surface area contributed by atoms with Crippen LogP contribution in [0, 0.1) is 11.6 Å². The van der Waals surface area contributed by atoms with Crippen molar-refractivity contribution >= 4 is 11.5 Å². The number of Topliss-reactive ketones (excluding diaryl/α,β-unsaturated/α-hetero) is 1. The molecule has 0 spiro atoms. The summed E-state index contributed by atoms with van der Waals surface area (Å²) in [4.78, 5) is 13.2. The molecule has 1 aromatic rings. The van der Waals surface area contributed by atoms with E-state index >= 15 is 0 Å². The molecule has 1 aromatic carbocycles. The average molecular weight is 225 g/mol. The molecule has 4 heteroatoms. The van der Waals surface area contributed by atoms with Crippen LogP contribution in [0.2, 0.25) is 0 Å². The Labute approximate surface area is 92.9 Å². The molecule has 16 heavy (non-hydrogen) atoms. The number of ketones is 1. The van der Waals surface area contributed by atoms with E-state index in [9.17, 15) is 13.6 Å². The van der Waals surface area contributed by atoms with E-state index in [4.69, 9.17) is 0 Å². The molecule has 0 unspecified atom stereocenters. The van der Waals surface area contributed by atoms with E-state index in [0.29, 0.717) is 11.7 Å². The van der Waals surface area contributed by atoms with Gasteiger partial charge in [-0.15, -0.1) is 0 Å². The second-order valence-corrected chi connectivity index (χ2v) is 4.18. The molecule has 0 radical (unpaired) electrons. The van der Waals surface area contributed by atoms with Crippen LogP contribution in [0.25, 0.3) is 0 Å². The van der Waals surface area contributed by atoms with Gasteiger partial charge in [0.1, 0.15) is 0 Å². The highest BCUT2D eigenvalue weighted by Gasteiger charge is 2.29. The van der Waals surface area contributed by atoms with Crippen LogP contribution < -0.4 is 4.90 Å². The van der Waals surface area contributed by atoms with Gasteiger partial charge in [0.25, 0.3) is 0 Å². The van der Waals surface area contributed by atoms with Crippen LogP contribution in [-0.4, -0.2) is 18.9 Å². The molecule has 86 valence electrons. The lowest BCUT2D eigenvalue weighted by Crippen LogP contribution is -2.22. The summed E-state index contributed by atoms with van der Waals surface area (Å²) in [7, 11) is 1.80. The van der Waals surface area contributed by atoms with Gasteiger partial charge in [0.2, 0.25) is 0 Å². The molecule has 1 aliphatic carbocycles. The lowest BCUT2D eigenvalue weighted by atomic mass is 10.1. The number of hydrogen-bond acceptors (Lipinski definition) is 2. The molecule has 1 fully saturated rings. The standard InChI is InChI=1S/C12H13F2NO/c1-7(16)9-5-10(13)11(14)6-12(9)15(2)8-3-4-8/h5-6,8H,3-4H2,1-2H3. The Balaban J connectivity index is 2.48. The first-order valence-corrected chi connectivity index (χ1v) is 5.23. The molecule has 0 bridgehead atoms. The van der Waals surface area contributed by atoms with Crippen molar-refractivity contribution in [2.24, 2.45) is 0 Å². The van der Waals surface area contributed by atoms with Crippen LogP contribution >= 0.6 is 0 Å². The largest absolute Gasteiger partial charge is 0.371 e. The van der Waals surface area contributed by atoms with Crippen molar-refractivity contribution in [3.8, 4) is 0 Å². The maximum atomic E-state index is 13.2. The predicted molar refractivity (Wildman–Crippen MR) is 57.8 cm³/mol. The lowest BCUT2D eigenvalue weighted by molar-refractivity contribution is 0.101. The van der Waals surface area contributed by atoms with Crippen LogP contribution in [0.1, 0.15) is 30.1 Å². The molecule has 0 aliphatic heterocycles. The molecule has 1 aliphatic rings. The van der Waals surface area contributed by atoms with E-state index < -0.39 is 11.6 Å². The third-order valence-corrected chi connectivity index (χ3v) is 2.89. The van der Waals surface area contributed by atoms with Crippen molar-refractivity contribution in [2.75, 3.05) is 11.9 Å². The highest BCUT2D eigenvalue weighted by Crippen LogP contribution is 2.33. The van der Waals surface area contributed by atoms with Crippen molar-refractivity contribution in [3.05, 3.63) is 29.3 Å². The molecule has 0 heterocycles. The number of rotatable bonds is 3. The molecule has 0 amide bonds. The van der Waals surface area contributed by atoms with Crippen LogP contribution in [0.3, 0.4) is 0 Å². The summed E-state index contributed by atoms with van der Waals surface area (Å²) >= 11 is 0. The van der Waals surface area contributed by atoms with Gasteiger partial charge in [0.05, 0.1) is 5.69 Å². The van der Waals surface area contributed by atoms with E-state index in [0.717, 1.165) is 25.0 Å². The van der Waals surface area contributed by atoms with E-state index in [1.54, 1.807) is 7.05 Å². The second kappa shape index (κ2) is 3.85. The topological polar surface area (TPSA) is 20.3 Å². The summed E-state index contributed by atoms with van der Waals surface area (Å²) < 4.78 is 26.2. The van der Waals surface area contributed by atoms with Crippen LogP contribution in [0.5, 0.6) is 0 Å². The molecular weight excluding hydrogens is 212 g/mol. The number of nitrogens with zero attached hydrogens (tertiary/aromatic N) is 1. The first kappa shape index (κ1) is 11.0. The van der Waals surface area contributed by atoms with Crippen molar-refractivity contribution in [3.63, 3.8) is 0 Å². The number of benzene rings is 1. The smallest absolute Gasteiger partial charge is 0.161 e. The molecule has 1 saturated carbocycles. The van der Waals surface area contributed by atoms with Gasteiger partial charge in [0, 0.05) is 24.7 Å². The quantitative estimate of drug-likeness (QED) is 0.737. The van der Waals surface area contributed by atoms with Crippen molar-refractivity contribution in [1.82, 2.24) is 0 Å². The minimum Gasteiger partial charge on any atom is -0.371 e. The maximum Gasteiger partial charge on any atom is 0.161 e. The number of hydrogen-bond donors (Lipinski definition) is 0. The van der Waals surface area contributed by atoms with Gasteiger partial charge in [0.15, 0.2) is 17.4 Å². The Bertz CT molecular complexity index is 441.